The molecule has 0 bridgehead atoms. The Morgan fingerprint density at radius 1 is 1.36 bits per heavy atom. The Bertz CT molecular complexity index is 189. The van der Waals surface area contributed by atoms with Gasteiger partial charge in [0.2, 0.25) is 6.41 Å². The van der Waals surface area contributed by atoms with E-state index in [-0.39, 0.29) is 6.41 Å². The summed E-state index contributed by atoms with van der Waals surface area (Å²) in [4.78, 5) is 8.58. The number of halogens is 1. The number of amides is 1. The summed E-state index contributed by atoms with van der Waals surface area (Å²) in [6.45, 7) is 0. The maximum Gasteiger partial charge on any atom is 0.204 e. The van der Waals surface area contributed by atoms with Gasteiger partial charge in [-0.3, -0.25) is 4.79 Å². The van der Waals surface area contributed by atoms with Crippen molar-refractivity contribution in [3.8, 4) is 5.75 Å². The van der Waals surface area contributed by atoms with Gasteiger partial charge < -0.3 is 10.8 Å². The highest BCUT2D eigenvalue weighted by Crippen LogP contribution is 2.13. The molecule has 0 atom stereocenters. The van der Waals surface area contributed by atoms with Crippen molar-refractivity contribution in [2.45, 2.75) is 0 Å². The molecule has 0 radical (unpaired) electrons. The van der Waals surface area contributed by atoms with E-state index in [2.05, 4.69) is 21.7 Å². The van der Waals surface area contributed by atoms with E-state index in [9.17, 15) is 0 Å². The van der Waals surface area contributed by atoms with Crippen LogP contribution in [0.1, 0.15) is 0 Å². The summed E-state index contributed by atoms with van der Waals surface area (Å²) in [5.74, 6) is 0.299. The second-order valence-corrected chi connectivity index (χ2v) is 2.53. The third-order valence-electron chi connectivity index (χ3n) is 0.827. The predicted octanol–water partition coefficient (Wildman–Crippen LogP) is 1.26. The molecule has 3 N–H and O–H groups in total. The Morgan fingerprint density at radius 2 is 1.73 bits per heavy atom. The molecule has 0 aliphatic rings. The van der Waals surface area contributed by atoms with Crippen LogP contribution >= 0.6 is 15.9 Å². The van der Waals surface area contributed by atoms with Gasteiger partial charge in [-0.2, -0.15) is 0 Å². The lowest BCUT2D eigenvalue weighted by molar-refractivity contribution is -0.106. The Hall–Kier alpha value is -1.03. The van der Waals surface area contributed by atoms with Gasteiger partial charge in [0.05, 0.1) is 0 Å². The highest BCUT2D eigenvalue weighted by molar-refractivity contribution is 9.10. The molecule has 0 aliphatic carbocycles. The highest BCUT2D eigenvalue weighted by atomic mass is 79.9. The summed E-state index contributed by atoms with van der Waals surface area (Å²) >= 11 is 3.23. The number of carbonyl (C=O) groups is 1. The number of aromatic hydroxyl groups is 1. The van der Waals surface area contributed by atoms with Crippen molar-refractivity contribution >= 4 is 22.3 Å². The van der Waals surface area contributed by atoms with Crippen LogP contribution in [0, 0.1) is 0 Å². The van der Waals surface area contributed by atoms with E-state index < -0.39 is 0 Å². The number of hydrogen-bond acceptors (Lipinski definition) is 2. The Morgan fingerprint density at radius 3 is 2.00 bits per heavy atom. The fourth-order valence-corrected chi connectivity index (χ4v) is 0.705. The molecule has 11 heavy (non-hydrogen) atoms. The van der Waals surface area contributed by atoms with Gasteiger partial charge in [0.1, 0.15) is 5.75 Å². The van der Waals surface area contributed by atoms with E-state index in [1.54, 1.807) is 24.3 Å². The van der Waals surface area contributed by atoms with E-state index in [0.29, 0.717) is 5.75 Å². The first kappa shape index (κ1) is 9.97. The van der Waals surface area contributed by atoms with Gasteiger partial charge in [-0.1, -0.05) is 15.9 Å². The zero-order valence-corrected chi connectivity index (χ0v) is 7.28. The zero-order chi connectivity index (χ0) is 8.69. The summed E-state index contributed by atoms with van der Waals surface area (Å²) in [6.07, 6.45) is 0.250. The molecule has 1 aromatic rings. The van der Waals surface area contributed by atoms with Crippen molar-refractivity contribution in [3.05, 3.63) is 28.7 Å². The second-order valence-electron chi connectivity index (χ2n) is 1.61. The number of phenols is 1. The first-order valence-electron chi connectivity index (χ1n) is 2.80. The third kappa shape index (κ3) is 5.42. The average molecular weight is 218 g/mol. The summed E-state index contributed by atoms with van der Waals surface area (Å²) in [6, 6.07) is 6.83. The van der Waals surface area contributed by atoms with Crippen LogP contribution in [0.3, 0.4) is 0 Å². The number of nitrogens with two attached hydrogens (primary N) is 1. The molecule has 0 saturated carbocycles. The molecular weight excluding hydrogens is 210 g/mol. The highest BCUT2D eigenvalue weighted by Gasteiger charge is 1.83. The van der Waals surface area contributed by atoms with Crippen molar-refractivity contribution in [1.29, 1.82) is 0 Å². The van der Waals surface area contributed by atoms with Crippen molar-refractivity contribution in [2.24, 2.45) is 5.73 Å². The second kappa shape index (κ2) is 5.73. The van der Waals surface area contributed by atoms with Gasteiger partial charge >= 0.3 is 0 Å². The van der Waals surface area contributed by atoms with Crippen LogP contribution in [-0.2, 0) is 4.79 Å². The van der Waals surface area contributed by atoms with E-state index >= 15 is 0 Å². The molecule has 0 aromatic heterocycles. The van der Waals surface area contributed by atoms with Crippen LogP contribution in [-0.4, -0.2) is 11.5 Å². The molecular formula is C7H8BrNO2. The van der Waals surface area contributed by atoms with Crippen LogP contribution in [0.25, 0.3) is 0 Å². The molecule has 0 aliphatic heterocycles. The number of hydrogen-bond donors (Lipinski definition) is 2. The maximum absolute atomic E-state index is 8.74. The zero-order valence-electron chi connectivity index (χ0n) is 5.70. The smallest absolute Gasteiger partial charge is 0.204 e. The van der Waals surface area contributed by atoms with Gasteiger partial charge in [0.15, 0.2) is 0 Å². The molecule has 1 amide bonds. The first-order valence-corrected chi connectivity index (χ1v) is 3.60. The summed E-state index contributed by atoms with van der Waals surface area (Å²) in [7, 11) is 0. The number of benzene rings is 1. The minimum atomic E-state index is 0.250. The lowest BCUT2D eigenvalue weighted by Crippen LogP contribution is -1.82. The van der Waals surface area contributed by atoms with E-state index in [4.69, 9.17) is 9.90 Å². The van der Waals surface area contributed by atoms with Gasteiger partial charge in [-0.25, -0.2) is 0 Å². The number of carbonyl (C=O) groups excluding carboxylic acids is 1. The largest absolute Gasteiger partial charge is 0.508 e. The Labute approximate surface area is 73.0 Å². The number of rotatable bonds is 0. The van der Waals surface area contributed by atoms with E-state index in [1.807, 2.05) is 0 Å². The molecule has 0 saturated heterocycles. The summed E-state index contributed by atoms with van der Waals surface area (Å²) < 4.78 is 0.982. The van der Waals surface area contributed by atoms with Crippen molar-refractivity contribution in [2.75, 3.05) is 0 Å². The standard InChI is InChI=1S/C6H5BrO.CH3NO/c7-5-1-3-6(8)4-2-5;2-1-3/h1-4,8H;1H,(H2,2,3). The average Bonchev–Trinajstić information content (AvgIpc) is 1.97. The molecule has 0 unspecified atom stereocenters. The van der Waals surface area contributed by atoms with Gasteiger partial charge in [0.25, 0.3) is 0 Å². The minimum absolute atomic E-state index is 0.250. The molecule has 1 rings (SSSR count). The minimum Gasteiger partial charge on any atom is -0.508 e. The monoisotopic (exact) mass is 217 g/mol. The van der Waals surface area contributed by atoms with Crippen molar-refractivity contribution in [3.63, 3.8) is 0 Å². The Balaban J connectivity index is 0.000000292. The molecule has 0 spiro atoms. The maximum atomic E-state index is 8.74. The van der Waals surface area contributed by atoms with Crippen LogP contribution in [0.15, 0.2) is 28.7 Å². The lowest BCUT2D eigenvalue weighted by atomic mass is 10.3. The van der Waals surface area contributed by atoms with Gasteiger partial charge in [-0.05, 0) is 24.3 Å². The topological polar surface area (TPSA) is 63.3 Å². The third-order valence-corrected chi connectivity index (χ3v) is 1.36. The van der Waals surface area contributed by atoms with Crippen molar-refractivity contribution < 1.29 is 9.90 Å². The van der Waals surface area contributed by atoms with Crippen LogP contribution in [0.5, 0.6) is 5.75 Å². The Kier molecular flexibility index (Phi) is 5.20. The SMILES string of the molecule is NC=O.Oc1ccc(Br)cc1. The van der Waals surface area contributed by atoms with Crippen LogP contribution in [0.2, 0.25) is 0 Å². The van der Waals surface area contributed by atoms with Crippen molar-refractivity contribution in [1.82, 2.24) is 0 Å². The fourth-order valence-electron chi connectivity index (χ4n) is 0.441. The molecule has 1 aromatic carbocycles. The predicted molar refractivity (Wildman–Crippen MR) is 46.1 cm³/mol. The summed E-state index contributed by atoms with van der Waals surface area (Å²) in [5.41, 5.74) is 4.17. The van der Waals surface area contributed by atoms with Gasteiger partial charge in [-0.15, -0.1) is 0 Å². The van der Waals surface area contributed by atoms with E-state index in [1.165, 1.54) is 0 Å². The normalized spacial score (nSPS) is 7.73. The lowest BCUT2D eigenvalue weighted by Gasteiger charge is -1.87. The molecule has 60 valence electrons. The fraction of sp³-hybridized carbons (Fsp3) is 0. The number of primary amides is 1. The van der Waals surface area contributed by atoms with Crippen LogP contribution in [0.4, 0.5) is 0 Å². The molecule has 4 heteroatoms. The van der Waals surface area contributed by atoms with Gasteiger partial charge in [0, 0.05) is 4.47 Å². The molecule has 0 heterocycles. The first-order chi connectivity index (χ1) is 5.20. The van der Waals surface area contributed by atoms with E-state index in [0.717, 1.165) is 4.47 Å². The molecule has 3 nitrogen and oxygen atoms in total. The summed E-state index contributed by atoms with van der Waals surface area (Å²) in [5, 5.41) is 8.74. The van der Waals surface area contributed by atoms with Crippen LogP contribution < -0.4 is 5.73 Å². The number of phenolic OH excluding ortho intramolecular Hbond substituents is 1. The molecule has 0 fully saturated rings. The quantitative estimate of drug-likeness (QED) is 0.643.